The van der Waals surface area contributed by atoms with Gasteiger partial charge in [-0.3, -0.25) is 19.7 Å². The highest BCUT2D eigenvalue weighted by Crippen LogP contribution is 2.44. The molecule has 3 aromatic carbocycles. The molecule has 5 N–H and O–H groups in total. The zero-order valence-corrected chi connectivity index (χ0v) is 27.9. The summed E-state index contributed by atoms with van der Waals surface area (Å²) >= 11 is 0. The maximum atomic E-state index is 14.7. The number of likely N-dealkylation sites (tertiary alicyclic amines) is 1. The fourth-order valence-corrected chi connectivity index (χ4v) is 6.91. The van der Waals surface area contributed by atoms with Gasteiger partial charge in [-0.25, -0.2) is 13.2 Å². The minimum atomic E-state index is -4.01. The molecule has 0 aliphatic carbocycles. The van der Waals surface area contributed by atoms with Crippen molar-refractivity contribution in [3.05, 3.63) is 77.4 Å². The Morgan fingerprint density at radius 2 is 1.65 bits per heavy atom. The van der Waals surface area contributed by atoms with E-state index in [0.29, 0.717) is 22.7 Å². The van der Waals surface area contributed by atoms with Crippen LogP contribution in [0, 0.1) is 5.92 Å². The molecular weight excluding hydrogens is 644 g/mol. The summed E-state index contributed by atoms with van der Waals surface area (Å²) in [6, 6.07) is 12.6. The van der Waals surface area contributed by atoms with E-state index in [9.17, 15) is 32.7 Å². The molecule has 3 atom stereocenters. The second-order valence-corrected chi connectivity index (χ2v) is 13.8. The summed E-state index contributed by atoms with van der Waals surface area (Å²) < 4.78 is 42.8. The molecular formula is C33H38N4O10S. The molecule has 3 amide bonds. The van der Waals surface area contributed by atoms with Gasteiger partial charge in [0.05, 0.1) is 43.4 Å². The number of nitrogens with zero attached hydrogens (tertiary/aromatic N) is 1. The zero-order valence-electron chi connectivity index (χ0n) is 27.1. The highest BCUT2D eigenvalue weighted by atomic mass is 32.2. The van der Waals surface area contributed by atoms with Gasteiger partial charge in [0.2, 0.25) is 11.8 Å². The third-order valence-electron chi connectivity index (χ3n) is 8.13. The number of benzene rings is 3. The summed E-state index contributed by atoms with van der Waals surface area (Å²) in [5.74, 6) is -3.01. The molecule has 1 aliphatic rings. The number of carbonyl (C=O) groups is 4. The SMILES string of the molecule is COC(=O)Nc1ccc(S(=O)(=O)C(C)C)c(C2C(C(=O)O)CCN2C(=O)[C@H](Nc2cccc(C(N)=O)c2)c2ccc(OC)c(OC)c2)c1. The van der Waals surface area contributed by atoms with Crippen molar-refractivity contribution in [3.8, 4) is 11.5 Å². The quantitative estimate of drug-likeness (QED) is 0.215. The van der Waals surface area contributed by atoms with E-state index in [4.69, 9.17) is 15.2 Å². The predicted molar refractivity (Wildman–Crippen MR) is 176 cm³/mol. The molecule has 256 valence electrons. The Bertz CT molecular complexity index is 1830. The number of nitrogens with two attached hydrogens (primary N) is 1. The first-order valence-corrected chi connectivity index (χ1v) is 16.4. The van der Waals surface area contributed by atoms with E-state index in [-0.39, 0.29) is 34.7 Å². The first kappa shape index (κ1) is 35.5. The van der Waals surface area contributed by atoms with E-state index in [0.717, 1.165) is 7.11 Å². The number of primary amides is 1. The predicted octanol–water partition coefficient (Wildman–Crippen LogP) is 3.99. The van der Waals surface area contributed by atoms with E-state index < -0.39 is 57.0 Å². The molecule has 1 fully saturated rings. The van der Waals surface area contributed by atoms with Crippen LogP contribution in [0.2, 0.25) is 0 Å². The number of amides is 3. The van der Waals surface area contributed by atoms with Crippen LogP contribution in [-0.4, -0.2) is 75.4 Å². The lowest BCUT2D eigenvalue weighted by molar-refractivity contribution is -0.143. The summed E-state index contributed by atoms with van der Waals surface area (Å²) in [4.78, 5) is 52.6. The number of carbonyl (C=O) groups excluding carboxylic acids is 3. The van der Waals surface area contributed by atoms with Gasteiger partial charge in [0.15, 0.2) is 21.3 Å². The number of carboxylic acid groups (broad SMARTS) is 1. The lowest BCUT2D eigenvalue weighted by atomic mass is 9.92. The van der Waals surface area contributed by atoms with Crippen molar-refractivity contribution in [2.45, 2.75) is 42.5 Å². The molecule has 0 radical (unpaired) electrons. The number of carboxylic acids is 1. The van der Waals surface area contributed by atoms with Crippen LogP contribution < -0.4 is 25.8 Å². The van der Waals surface area contributed by atoms with Gasteiger partial charge in [0.25, 0.3) is 0 Å². The van der Waals surface area contributed by atoms with E-state index >= 15 is 0 Å². The number of nitrogens with one attached hydrogen (secondary N) is 2. The van der Waals surface area contributed by atoms with E-state index in [1.807, 2.05) is 0 Å². The van der Waals surface area contributed by atoms with E-state index in [2.05, 4.69) is 15.4 Å². The van der Waals surface area contributed by atoms with Crippen LogP contribution >= 0.6 is 0 Å². The van der Waals surface area contributed by atoms with Gasteiger partial charge in [-0.15, -0.1) is 0 Å². The maximum Gasteiger partial charge on any atom is 0.411 e. The molecule has 1 saturated heterocycles. The Morgan fingerprint density at radius 1 is 0.938 bits per heavy atom. The average Bonchev–Trinajstić information content (AvgIpc) is 3.52. The summed E-state index contributed by atoms with van der Waals surface area (Å²) in [7, 11) is 0.0412. The Morgan fingerprint density at radius 3 is 2.25 bits per heavy atom. The van der Waals surface area contributed by atoms with Crippen LogP contribution in [0.1, 0.15) is 53.8 Å². The number of rotatable bonds is 12. The van der Waals surface area contributed by atoms with Crippen molar-refractivity contribution >= 4 is 45.1 Å². The molecule has 1 aliphatic heterocycles. The lowest BCUT2D eigenvalue weighted by Crippen LogP contribution is -2.40. The molecule has 0 saturated carbocycles. The molecule has 15 heteroatoms. The van der Waals surface area contributed by atoms with Crippen molar-refractivity contribution in [2.24, 2.45) is 11.7 Å². The van der Waals surface area contributed by atoms with Gasteiger partial charge in [-0.1, -0.05) is 12.1 Å². The number of methoxy groups -OCH3 is 3. The Labute approximate surface area is 278 Å². The van der Waals surface area contributed by atoms with Crippen LogP contribution in [0.15, 0.2) is 65.6 Å². The second kappa shape index (κ2) is 14.6. The van der Waals surface area contributed by atoms with E-state index in [1.165, 1.54) is 63.3 Å². The molecule has 0 spiro atoms. The number of aliphatic carboxylic acids is 1. The topological polar surface area (TPSA) is 204 Å². The molecule has 1 heterocycles. The Balaban J connectivity index is 1.92. The molecule has 48 heavy (non-hydrogen) atoms. The number of anilines is 2. The van der Waals surface area contributed by atoms with Gasteiger partial charge >= 0.3 is 12.1 Å². The van der Waals surface area contributed by atoms with Crippen molar-refractivity contribution in [1.29, 1.82) is 0 Å². The molecule has 2 unspecified atom stereocenters. The van der Waals surface area contributed by atoms with Gasteiger partial charge in [-0.2, -0.15) is 0 Å². The second-order valence-electron chi connectivity index (χ2n) is 11.3. The zero-order chi connectivity index (χ0) is 35.3. The van der Waals surface area contributed by atoms with Gasteiger partial charge in [-0.05, 0) is 79.9 Å². The standard InChI is InChI=1S/C33H38N4O10S/c1-18(2)48(43,44)27-12-10-22(36-33(42)47-5)17-24(27)29-23(32(40)41)13-14-37(29)31(39)28(19-9-11-25(45-3)26(16-19)46-4)35-21-8-6-7-20(15-21)30(34)38/h6-12,15-18,23,28-29,35H,13-14H2,1-5H3,(H2,34,38)(H,36,42)(H,40,41)/t23?,28-,29?/m1/s1. The Kier molecular flexibility index (Phi) is 10.8. The van der Waals surface area contributed by atoms with Crippen molar-refractivity contribution in [1.82, 2.24) is 4.90 Å². The third-order valence-corrected chi connectivity index (χ3v) is 10.4. The highest BCUT2D eigenvalue weighted by molar-refractivity contribution is 7.92. The monoisotopic (exact) mass is 682 g/mol. The van der Waals surface area contributed by atoms with Crippen LogP contribution in [-0.2, 0) is 24.2 Å². The van der Waals surface area contributed by atoms with Crippen LogP contribution in [0.3, 0.4) is 0 Å². The summed E-state index contributed by atoms with van der Waals surface area (Å²) in [6.45, 7) is 2.94. The summed E-state index contributed by atoms with van der Waals surface area (Å²) in [5.41, 5.74) is 6.60. The number of ether oxygens (including phenoxy) is 3. The number of hydrogen-bond acceptors (Lipinski definition) is 10. The largest absolute Gasteiger partial charge is 0.493 e. The molecule has 3 aromatic rings. The van der Waals surface area contributed by atoms with Crippen molar-refractivity contribution in [3.63, 3.8) is 0 Å². The fraction of sp³-hybridized carbons (Fsp3) is 0.333. The first-order valence-electron chi connectivity index (χ1n) is 14.9. The van der Waals surface area contributed by atoms with Crippen LogP contribution in [0.4, 0.5) is 16.2 Å². The smallest absolute Gasteiger partial charge is 0.411 e. The maximum absolute atomic E-state index is 14.7. The third kappa shape index (κ3) is 7.30. The van der Waals surface area contributed by atoms with Gasteiger partial charge < -0.3 is 35.3 Å². The Hall–Kier alpha value is -5.31. The van der Waals surface area contributed by atoms with Crippen molar-refractivity contribution < 1.29 is 46.9 Å². The minimum Gasteiger partial charge on any atom is -0.493 e. The van der Waals surface area contributed by atoms with Crippen LogP contribution in [0.25, 0.3) is 0 Å². The van der Waals surface area contributed by atoms with Gasteiger partial charge in [0, 0.05) is 23.5 Å². The minimum absolute atomic E-state index is 0.0113. The normalized spacial score (nSPS) is 16.6. The van der Waals surface area contributed by atoms with Crippen LogP contribution in [0.5, 0.6) is 11.5 Å². The highest BCUT2D eigenvalue weighted by Gasteiger charge is 2.46. The van der Waals surface area contributed by atoms with Crippen molar-refractivity contribution in [2.75, 3.05) is 38.5 Å². The van der Waals surface area contributed by atoms with Gasteiger partial charge in [0.1, 0.15) is 6.04 Å². The average molecular weight is 683 g/mol. The summed E-state index contributed by atoms with van der Waals surface area (Å²) in [6.07, 6.45) is -0.817. The first-order chi connectivity index (χ1) is 22.7. The molecule has 14 nitrogen and oxygen atoms in total. The van der Waals surface area contributed by atoms with E-state index in [1.54, 1.807) is 30.3 Å². The molecule has 0 bridgehead atoms. The molecule has 4 rings (SSSR count). The number of sulfone groups is 1. The lowest BCUT2D eigenvalue weighted by Gasteiger charge is -2.33. The fourth-order valence-electron chi connectivity index (χ4n) is 5.64. The summed E-state index contributed by atoms with van der Waals surface area (Å²) in [5, 5.41) is 15.1. The molecule has 0 aromatic heterocycles. The number of hydrogen-bond donors (Lipinski definition) is 4.